The maximum absolute atomic E-state index is 13.2. The third-order valence-corrected chi connectivity index (χ3v) is 2.06. The average Bonchev–Trinajstić information content (AvgIpc) is 2.15. The molecule has 0 amide bonds. The molecule has 0 aliphatic rings. The van der Waals surface area contributed by atoms with Crippen LogP contribution in [0.15, 0.2) is 18.2 Å². The highest BCUT2D eigenvalue weighted by Gasteiger charge is 2.29. The molecule has 1 aromatic carbocycles. The molecule has 0 radical (unpaired) electrons. The molecule has 0 aliphatic carbocycles. The van der Waals surface area contributed by atoms with Crippen molar-refractivity contribution in [3.63, 3.8) is 0 Å². The van der Waals surface area contributed by atoms with Crippen molar-refractivity contribution in [2.45, 2.75) is 13.0 Å². The number of methoxy groups -OCH3 is 1. The van der Waals surface area contributed by atoms with Crippen LogP contribution in [-0.2, 0) is 4.74 Å². The minimum atomic E-state index is -5.33. The van der Waals surface area contributed by atoms with Crippen LogP contribution in [0.2, 0.25) is 0 Å². The summed E-state index contributed by atoms with van der Waals surface area (Å²) in [5, 5.41) is 0. The molecule has 2 nitrogen and oxygen atoms in total. The Hall–Kier alpha value is -1.24. The highest BCUT2D eigenvalue weighted by Crippen LogP contribution is 2.17. The molecule has 0 spiro atoms. The highest BCUT2D eigenvalue weighted by molar-refractivity contribution is 6.73. The van der Waals surface area contributed by atoms with Gasteiger partial charge in [-0.2, -0.15) is 0 Å². The van der Waals surface area contributed by atoms with Gasteiger partial charge in [-0.25, -0.2) is 4.39 Å². The van der Waals surface area contributed by atoms with Crippen LogP contribution in [0, 0.1) is 5.82 Å². The Morgan fingerprint density at radius 1 is 1.29 bits per heavy atom. The van der Waals surface area contributed by atoms with Crippen molar-refractivity contribution < 1.29 is 26.8 Å². The maximum Gasteiger partial charge on any atom is 0.512 e. The Labute approximate surface area is 96.6 Å². The molecule has 1 rings (SSSR count). The van der Waals surface area contributed by atoms with Crippen molar-refractivity contribution in [2.24, 2.45) is 0 Å². The van der Waals surface area contributed by atoms with Gasteiger partial charge in [0, 0.05) is 13.2 Å². The van der Waals surface area contributed by atoms with E-state index in [2.05, 4.69) is 0 Å². The second kappa shape index (κ2) is 5.40. The molecule has 96 valence electrons. The van der Waals surface area contributed by atoms with E-state index in [1.54, 1.807) is 6.92 Å². The number of benzene rings is 1. The molecular weight excluding hydrogens is 239 g/mol. The van der Waals surface area contributed by atoms with Crippen molar-refractivity contribution in [1.29, 1.82) is 0 Å². The summed E-state index contributed by atoms with van der Waals surface area (Å²) in [7, 11) is 1.47. The fraction of sp³-hybridized carbons (Fsp3) is 0.400. The minimum absolute atomic E-state index is 0.0517. The summed E-state index contributed by atoms with van der Waals surface area (Å²) in [6, 6.07) is 2.51. The Bertz CT molecular complexity index is 381. The number of hydrogen-bond donors (Lipinski definition) is 0. The van der Waals surface area contributed by atoms with Crippen LogP contribution in [0.25, 0.3) is 0 Å². The summed E-state index contributed by atoms with van der Waals surface area (Å²) < 4.78 is 60.1. The fourth-order valence-corrected chi connectivity index (χ4v) is 1.35. The van der Waals surface area contributed by atoms with Crippen molar-refractivity contribution in [1.82, 2.24) is 0 Å². The van der Waals surface area contributed by atoms with E-state index in [1.165, 1.54) is 7.11 Å². The van der Waals surface area contributed by atoms with Gasteiger partial charge in [-0.3, -0.25) is 0 Å². The van der Waals surface area contributed by atoms with E-state index in [1.807, 2.05) is 0 Å². The van der Waals surface area contributed by atoms with Crippen molar-refractivity contribution in [3.8, 4) is 5.75 Å². The monoisotopic (exact) mass is 251 g/mol. The van der Waals surface area contributed by atoms with Crippen molar-refractivity contribution in [3.05, 3.63) is 24.0 Å². The van der Waals surface area contributed by atoms with Crippen LogP contribution in [0.1, 0.15) is 6.92 Å². The van der Waals surface area contributed by atoms with E-state index in [9.17, 15) is 17.3 Å². The van der Waals surface area contributed by atoms with Crippen molar-refractivity contribution >= 4 is 12.4 Å². The van der Waals surface area contributed by atoms with Gasteiger partial charge < -0.3 is 22.4 Å². The predicted octanol–water partition coefficient (Wildman–Crippen LogP) is 2.29. The largest absolute Gasteiger partial charge is 0.512 e. The molecule has 0 saturated heterocycles. The number of hydrogen-bond acceptors (Lipinski definition) is 2. The molecule has 0 aromatic heterocycles. The highest BCUT2D eigenvalue weighted by atomic mass is 19.4. The first-order valence-corrected chi connectivity index (χ1v) is 4.99. The third kappa shape index (κ3) is 3.92. The lowest BCUT2D eigenvalue weighted by Gasteiger charge is -2.18. The van der Waals surface area contributed by atoms with Crippen LogP contribution in [-0.4, -0.2) is 26.8 Å². The van der Waals surface area contributed by atoms with Crippen LogP contribution in [0.4, 0.5) is 17.3 Å². The van der Waals surface area contributed by atoms with E-state index in [4.69, 9.17) is 9.47 Å². The number of rotatable bonds is 5. The van der Waals surface area contributed by atoms with E-state index in [0.29, 0.717) is 6.07 Å². The summed E-state index contributed by atoms with van der Waals surface area (Å²) in [6.45, 7) is -3.39. The van der Waals surface area contributed by atoms with Gasteiger partial charge >= 0.3 is 6.98 Å². The topological polar surface area (TPSA) is 18.5 Å². The van der Waals surface area contributed by atoms with E-state index in [0.717, 1.165) is 12.1 Å². The zero-order valence-corrected chi connectivity index (χ0v) is 9.42. The molecule has 1 unspecified atom stereocenters. The zero-order valence-electron chi connectivity index (χ0n) is 9.42. The third-order valence-electron chi connectivity index (χ3n) is 2.06. The van der Waals surface area contributed by atoms with Crippen LogP contribution < -0.4 is 10.2 Å². The lowest BCUT2D eigenvalue weighted by molar-refractivity contribution is 0.0919. The quantitative estimate of drug-likeness (QED) is 0.590. The summed E-state index contributed by atoms with van der Waals surface area (Å²) in [5.74, 6) is -1.27. The molecule has 7 heteroatoms. The second-order valence-electron chi connectivity index (χ2n) is 3.64. The van der Waals surface area contributed by atoms with Gasteiger partial charge in [-0.1, -0.05) is 11.5 Å². The molecule has 0 fully saturated rings. The molecule has 0 N–H and O–H groups in total. The molecular formula is C10H12BF4O2-. The van der Waals surface area contributed by atoms with Gasteiger partial charge in [0.15, 0.2) is 0 Å². The molecule has 1 atom stereocenters. The lowest BCUT2D eigenvalue weighted by atomic mass is 9.80. The van der Waals surface area contributed by atoms with E-state index >= 15 is 0 Å². The first kappa shape index (κ1) is 13.8. The molecule has 0 saturated carbocycles. The number of halogens is 4. The Morgan fingerprint density at radius 3 is 2.41 bits per heavy atom. The lowest BCUT2D eigenvalue weighted by Crippen LogP contribution is -2.36. The van der Waals surface area contributed by atoms with Gasteiger partial charge in [0.05, 0.1) is 12.4 Å². The zero-order chi connectivity index (χ0) is 13.1. The molecule has 17 heavy (non-hydrogen) atoms. The minimum Gasteiger partial charge on any atom is -0.488 e. The molecule has 1 aromatic rings. The summed E-state index contributed by atoms with van der Waals surface area (Å²) >= 11 is 0. The summed E-state index contributed by atoms with van der Waals surface area (Å²) in [5.41, 5.74) is -1.24. The van der Waals surface area contributed by atoms with Crippen LogP contribution in [0.3, 0.4) is 0 Å². The maximum atomic E-state index is 13.2. The van der Waals surface area contributed by atoms with Gasteiger partial charge in [0.25, 0.3) is 0 Å². The Balaban J connectivity index is 2.82. The Morgan fingerprint density at radius 2 is 1.94 bits per heavy atom. The van der Waals surface area contributed by atoms with Gasteiger partial charge in [0.2, 0.25) is 0 Å². The molecule has 0 heterocycles. The summed E-state index contributed by atoms with van der Waals surface area (Å²) in [6.07, 6.45) is -0.360. The normalized spacial score (nSPS) is 13.5. The standard InChI is InChI=1S/C10H12BF4O2/c1-7(6-16-2)17-8-3-4-9(10(12)5-8)11(13,14)15/h3-5,7H,6H2,1-2H3/q-1. The predicted molar refractivity (Wildman–Crippen MR) is 57.1 cm³/mol. The average molecular weight is 251 g/mol. The number of ether oxygens (including phenoxy) is 2. The van der Waals surface area contributed by atoms with Crippen molar-refractivity contribution in [2.75, 3.05) is 13.7 Å². The first-order chi connectivity index (χ1) is 7.84. The van der Waals surface area contributed by atoms with E-state index in [-0.39, 0.29) is 18.5 Å². The summed E-state index contributed by atoms with van der Waals surface area (Å²) in [4.78, 5) is 0. The Kier molecular flexibility index (Phi) is 4.39. The molecule has 0 bridgehead atoms. The van der Waals surface area contributed by atoms with Crippen LogP contribution in [0.5, 0.6) is 5.75 Å². The van der Waals surface area contributed by atoms with Gasteiger partial charge in [-0.15, -0.1) is 0 Å². The fourth-order valence-electron chi connectivity index (χ4n) is 1.35. The SMILES string of the molecule is COCC(C)Oc1ccc([B-](F)(F)F)c(F)c1. The second-order valence-corrected chi connectivity index (χ2v) is 3.64. The van der Waals surface area contributed by atoms with Gasteiger partial charge in [0.1, 0.15) is 11.9 Å². The van der Waals surface area contributed by atoms with E-state index < -0.39 is 18.3 Å². The first-order valence-electron chi connectivity index (χ1n) is 4.99. The van der Waals surface area contributed by atoms with Gasteiger partial charge in [-0.05, 0) is 13.0 Å². The smallest absolute Gasteiger partial charge is 0.488 e. The van der Waals surface area contributed by atoms with Crippen LogP contribution >= 0.6 is 0 Å². The molecule has 0 aliphatic heterocycles.